The van der Waals surface area contributed by atoms with Crippen LogP contribution in [0.15, 0.2) is 36.1 Å². The molecule has 0 atom stereocenters. The number of hydrogen-bond donors (Lipinski definition) is 0. The average Bonchev–Trinajstić information content (AvgIpc) is 1.95. The van der Waals surface area contributed by atoms with Crippen molar-refractivity contribution in [3.05, 3.63) is 36.1 Å². The topological polar surface area (TPSA) is 26.3 Å². The number of allylic oxidation sites excluding steroid dienone is 4. The Kier molecular flexibility index (Phi) is 1.71. The molecule has 0 aromatic rings. The Morgan fingerprint density at radius 1 is 1.60 bits per heavy atom. The van der Waals surface area contributed by atoms with Gasteiger partial charge >= 0.3 is 0 Å². The van der Waals surface area contributed by atoms with Gasteiger partial charge in [0.25, 0.3) is 0 Å². The smallest absolute Gasteiger partial charge is 0.226 e. The summed E-state index contributed by atoms with van der Waals surface area (Å²) >= 11 is 0. The summed E-state index contributed by atoms with van der Waals surface area (Å²) in [7, 11) is 1.47. The zero-order chi connectivity index (χ0) is 7.56. The molecule has 0 saturated heterocycles. The Bertz CT molecular complexity index is 234. The summed E-state index contributed by atoms with van der Waals surface area (Å²) in [6.07, 6.45) is 5.02. The first kappa shape index (κ1) is 6.81. The van der Waals surface area contributed by atoms with Crippen LogP contribution in [0, 0.1) is 0 Å². The summed E-state index contributed by atoms with van der Waals surface area (Å²) in [6, 6.07) is 0. The Morgan fingerprint density at radius 3 is 2.80 bits per heavy atom. The largest absolute Gasteiger partial charge is 0.493 e. The number of ketones is 1. The number of hydrogen-bond acceptors (Lipinski definition) is 2. The lowest BCUT2D eigenvalue weighted by atomic mass is 10.1. The van der Waals surface area contributed by atoms with Gasteiger partial charge in [0.15, 0.2) is 5.76 Å². The molecule has 0 aromatic carbocycles. The van der Waals surface area contributed by atoms with E-state index < -0.39 is 0 Å². The maximum absolute atomic E-state index is 11.0. The highest BCUT2D eigenvalue weighted by molar-refractivity contribution is 6.09. The third-order valence-electron chi connectivity index (χ3n) is 1.28. The Morgan fingerprint density at radius 2 is 2.30 bits per heavy atom. The van der Waals surface area contributed by atoms with E-state index in [-0.39, 0.29) is 5.78 Å². The van der Waals surface area contributed by atoms with Crippen molar-refractivity contribution in [3.63, 3.8) is 0 Å². The molecule has 0 fully saturated rings. The van der Waals surface area contributed by atoms with E-state index in [2.05, 4.69) is 6.58 Å². The zero-order valence-corrected chi connectivity index (χ0v) is 5.76. The highest BCUT2D eigenvalue weighted by Gasteiger charge is 2.13. The van der Waals surface area contributed by atoms with Crippen LogP contribution in [-0.2, 0) is 9.53 Å². The lowest BCUT2D eigenvalue weighted by Crippen LogP contribution is -2.07. The van der Waals surface area contributed by atoms with Gasteiger partial charge in [0.2, 0.25) is 5.78 Å². The first-order chi connectivity index (χ1) is 4.75. The minimum atomic E-state index is -0.134. The number of methoxy groups -OCH3 is 1. The van der Waals surface area contributed by atoms with Crippen LogP contribution in [-0.4, -0.2) is 12.9 Å². The molecule has 0 N–H and O–H groups in total. The molecule has 0 bridgehead atoms. The van der Waals surface area contributed by atoms with E-state index in [9.17, 15) is 4.79 Å². The van der Waals surface area contributed by atoms with Crippen LogP contribution in [0.3, 0.4) is 0 Å². The Labute approximate surface area is 59.5 Å². The Hall–Kier alpha value is -1.31. The molecule has 0 aliphatic heterocycles. The molecule has 0 spiro atoms. The minimum Gasteiger partial charge on any atom is -0.493 e. The fourth-order valence-electron chi connectivity index (χ4n) is 0.722. The molecule has 0 saturated carbocycles. The Balaban J connectivity index is 2.92. The maximum Gasteiger partial charge on any atom is 0.226 e. The normalized spacial score (nSPS) is 17.1. The van der Waals surface area contributed by atoms with Gasteiger partial charge in [0, 0.05) is 5.57 Å². The summed E-state index contributed by atoms with van der Waals surface area (Å²) < 4.78 is 4.77. The fraction of sp³-hybridized carbons (Fsp3) is 0.125. The van der Waals surface area contributed by atoms with Crippen molar-refractivity contribution in [1.29, 1.82) is 0 Å². The van der Waals surface area contributed by atoms with E-state index in [4.69, 9.17) is 4.74 Å². The molecule has 1 aliphatic carbocycles. The summed E-state index contributed by atoms with van der Waals surface area (Å²) in [5.74, 6) is 0.220. The van der Waals surface area contributed by atoms with E-state index in [1.165, 1.54) is 7.11 Å². The monoisotopic (exact) mass is 136 g/mol. The molecule has 0 unspecified atom stereocenters. The zero-order valence-electron chi connectivity index (χ0n) is 5.76. The van der Waals surface area contributed by atoms with Gasteiger partial charge in [-0.1, -0.05) is 18.7 Å². The predicted molar refractivity (Wildman–Crippen MR) is 38.4 cm³/mol. The molecule has 0 amide bonds. The van der Waals surface area contributed by atoms with Crippen molar-refractivity contribution in [2.75, 3.05) is 7.11 Å². The number of rotatable bonds is 1. The van der Waals surface area contributed by atoms with E-state index >= 15 is 0 Å². The highest BCUT2D eigenvalue weighted by atomic mass is 16.5. The summed E-state index contributed by atoms with van der Waals surface area (Å²) in [5.41, 5.74) is 0.472. The van der Waals surface area contributed by atoms with Crippen molar-refractivity contribution >= 4 is 5.78 Å². The van der Waals surface area contributed by atoms with Crippen molar-refractivity contribution in [2.24, 2.45) is 0 Å². The number of Topliss-reactive ketones (excluding diaryl/α,β-unsaturated/α-hetero) is 1. The van der Waals surface area contributed by atoms with Crippen molar-refractivity contribution in [3.8, 4) is 0 Å². The van der Waals surface area contributed by atoms with Crippen molar-refractivity contribution in [2.45, 2.75) is 0 Å². The SMILES string of the molecule is C=C1C=CC=C(OC)C1=O. The van der Waals surface area contributed by atoms with Gasteiger partial charge in [-0.3, -0.25) is 4.79 Å². The number of carbonyl (C=O) groups is 1. The van der Waals surface area contributed by atoms with Gasteiger partial charge in [-0.05, 0) is 6.08 Å². The van der Waals surface area contributed by atoms with Crippen LogP contribution in [0.4, 0.5) is 0 Å². The number of ether oxygens (including phenoxy) is 1. The van der Waals surface area contributed by atoms with Crippen LogP contribution in [0.2, 0.25) is 0 Å². The quantitative estimate of drug-likeness (QED) is 0.506. The fourth-order valence-corrected chi connectivity index (χ4v) is 0.722. The summed E-state index contributed by atoms with van der Waals surface area (Å²) in [4.78, 5) is 11.0. The molecule has 2 nitrogen and oxygen atoms in total. The molecular formula is C8H8O2. The second-order valence-corrected chi connectivity index (χ2v) is 1.95. The lowest BCUT2D eigenvalue weighted by molar-refractivity contribution is -0.114. The van der Waals surface area contributed by atoms with Gasteiger partial charge in [0.05, 0.1) is 7.11 Å². The maximum atomic E-state index is 11.0. The number of carbonyl (C=O) groups excluding carboxylic acids is 1. The molecule has 2 heteroatoms. The third-order valence-corrected chi connectivity index (χ3v) is 1.28. The van der Waals surface area contributed by atoms with Gasteiger partial charge < -0.3 is 4.74 Å². The molecule has 0 radical (unpaired) electrons. The van der Waals surface area contributed by atoms with Gasteiger partial charge in [-0.25, -0.2) is 0 Å². The lowest BCUT2D eigenvalue weighted by Gasteiger charge is -2.06. The van der Waals surface area contributed by atoms with E-state index in [0.717, 1.165) is 0 Å². The molecule has 1 aliphatic rings. The minimum absolute atomic E-state index is 0.134. The molecule has 0 aromatic heterocycles. The van der Waals surface area contributed by atoms with E-state index in [0.29, 0.717) is 11.3 Å². The molecule has 1 rings (SSSR count). The molecule has 10 heavy (non-hydrogen) atoms. The summed E-state index contributed by atoms with van der Waals surface area (Å²) in [6.45, 7) is 3.54. The van der Waals surface area contributed by atoms with Crippen molar-refractivity contribution < 1.29 is 9.53 Å². The first-order valence-corrected chi connectivity index (χ1v) is 2.91. The van der Waals surface area contributed by atoms with Crippen molar-refractivity contribution in [1.82, 2.24) is 0 Å². The second kappa shape index (κ2) is 2.52. The van der Waals surface area contributed by atoms with Crippen LogP contribution in [0.1, 0.15) is 0 Å². The van der Waals surface area contributed by atoms with Crippen LogP contribution < -0.4 is 0 Å². The van der Waals surface area contributed by atoms with Crippen LogP contribution in [0.5, 0.6) is 0 Å². The summed E-state index contributed by atoms with van der Waals surface area (Å²) in [5, 5.41) is 0. The van der Waals surface area contributed by atoms with Crippen LogP contribution in [0.25, 0.3) is 0 Å². The highest BCUT2D eigenvalue weighted by Crippen LogP contribution is 2.11. The van der Waals surface area contributed by atoms with E-state index in [1.807, 2.05) is 0 Å². The van der Waals surface area contributed by atoms with Gasteiger partial charge in [0.1, 0.15) is 0 Å². The van der Waals surface area contributed by atoms with E-state index in [1.54, 1.807) is 18.2 Å². The predicted octanol–water partition coefficient (Wildman–Crippen LogP) is 1.21. The third kappa shape index (κ3) is 1.00. The molecule has 0 heterocycles. The van der Waals surface area contributed by atoms with Gasteiger partial charge in [-0.2, -0.15) is 0 Å². The van der Waals surface area contributed by atoms with Gasteiger partial charge in [-0.15, -0.1) is 0 Å². The standard InChI is InChI=1S/C8H8O2/c1-6-4-3-5-7(10-2)8(6)9/h3-5H,1H2,2H3. The average molecular weight is 136 g/mol. The van der Waals surface area contributed by atoms with Crippen LogP contribution >= 0.6 is 0 Å². The molecular weight excluding hydrogens is 128 g/mol. The second-order valence-electron chi connectivity index (χ2n) is 1.95. The first-order valence-electron chi connectivity index (χ1n) is 2.91. The molecule has 52 valence electrons.